The zero-order chi connectivity index (χ0) is 16.3. The second-order valence-corrected chi connectivity index (χ2v) is 7.40. The fourth-order valence-corrected chi connectivity index (χ4v) is 2.92. The molecular formula is C18H28N2O2. The molecule has 3 atom stereocenters. The van der Waals surface area contributed by atoms with Gasteiger partial charge in [-0.2, -0.15) is 0 Å². The Morgan fingerprint density at radius 3 is 2.45 bits per heavy atom. The predicted molar refractivity (Wildman–Crippen MR) is 88.4 cm³/mol. The van der Waals surface area contributed by atoms with Gasteiger partial charge in [0.15, 0.2) is 0 Å². The van der Waals surface area contributed by atoms with Gasteiger partial charge in [0.1, 0.15) is 0 Å². The molecule has 1 aromatic carbocycles. The Balaban J connectivity index is 1.87. The van der Waals surface area contributed by atoms with E-state index in [0.29, 0.717) is 0 Å². The largest absolute Gasteiger partial charge is 0.387 e. The topological polar surface area (TPSA) is 75.3 Å². The number of aliphatic hydroxyl groups is 1. The van der Waals surface area contributed by atoms with Gasteiger partial charge < -0.3 is 16.2 Å². The summed E-state index contributed by atoms with van der Waals surface area (Å²) in [5.74, 6) is 0.0174. The van der Waals surface area contributed by atoms with E-state index in [1.54, 1.807) is 0 Å². The maximum Gasteiger partial charge on any atom is 0.223 e. The summed E-state index contributed by atoms with van der Waals surface area (Å²) in [6.07, 6.45) is 1.84. The molecule has 0 saturated heterocycles. The Morgan fingerprint density at radius 1 is 1.32 bits per heavy atom. The monoisotopic (exact) mass is 304 g/mol. The Kier molecular flexibility index (Phi) is 5.24. The van der Waals surface area contributed by atoms with Gasteiger partial charge in [-0.05, 0) is 35.8 Å². The van der Waals surface area contributed by atoms with Crippen molar-refractivity contribution in [3.8, 4) is 0 Å². The number of rotatable bonds is 4. The van der Waals surface area contributed by atoms with E-state index in [2.05, 4.69) is 26.1 Å². The summed E-state index contributed by atoms with van der Waals surface area (Å²) in [5.41, 5.74) is 7.99. The average Bonchev–Trinajstić information content (AvgIpc) is 2.90. The van der Waals surface area contributed by atoms with Crippen LogP contribution in [-0.2, 0) is 10.2 Å². The number of benzene rings is 1. The summed E-state index contributed by atoms with van der Waals surface area (Å²) in [7, 11) is 0. The fourth-order valence-electron chi connectivity index (χ4n) is 2.92. The lowest BCUT2D eigenvalue weighted by Gasteiger charge is -2.20. The second kappa shape index (κ2) is 6.80. The van der Waals surface area contributed by atoms with E-state index in [9.17, 15) is 9.90 Å². The Labute approximate surface area is 133 Å². The van der Waals surface area contributed by atoms with Crippen LogP contribution in [0.15, 0.2) is 24.3 Å². The highest BCUT2D eigenvalue weighted by molar-refractivity contribution is 5.79. The molecule has 22 heavy (non-hydrogen) atoms. The van der Waals surface area contributed by atoms with Gasteiger partial charge in [-0.3, -0.25) is 4.79 Å². The third-order valence-electron chi connectivity index (χ3n) is 4.48. The molecule has 1 aliphatic rings. The number of amides is 1. The minimum absolute atomic E-state index is 0.00506. The van der Waals surface area contributed by atoms with Crippen molar-refractivity contribution in [1.82, 2.24) is 5.32 Å². The van der Waals surface area contributed by atoms with Crippen molar-refractivity contribution in [2.45, 2.75) is 57.6 Å². The van der Waals surface area contributed by atoms with Crippen molar-refractivity contribution in [2.24, 2.45) is 11.7 Å². The lowest BCUT2D eigenvalue weighted by molar-refractivity contribution is -0.125. The van der Waals surface area contributed by atoms with Crippen LogP contribution in [0.1, 0.15) is 57.3 Å². The fraction of sp³-hybridized carbons (Fsp3) is 0.611. The molecule has 3 unspecified atom stereocenters. The molecule has 1 saturated carbocycles. The van der Waals surface area contributed by atoms with Crippen molar-refractivity contribution in [1.29, 1.82) is 0 Å². The first kappa shape index (κ1) is 17.0. The van der Waals surface area contributed by atoms with Crippen LogP contribution in [-0.4, -0.2) is 23.6 Å². The number of carbonyl (C=O) groups excluding carboxylic acids is 1. The van der Waals surface area contributed by atoms with E-state index in [0.717, 1.165) is 24.8 Å². The smallest absolute Gasteiger partial charge is 0.223 e. The van der Waals surface area contributed by atoms with Crippen molar-refractivity contribution in [3.63, 3.8) is 0 Å². The highest BCUT2D eigenvalue weighted by atomic mass is 16.3. The van der Waals surface area contributed by atoms with Gasteiger partial charge in [-0.1, -0.05) is 45.0 Å². The standard InChI is InChI=1S/C18H28N2O2/c1-18(2,3)14-7-4-12(5-8-14)16(21)11-20-17(22)13-6-9-15(19)10-13/h4-5,7-8,13,15-16,21H,6,9-11,19H2,1-3H3,(H,20,22). The summed E-state index contributed by atoms with van der Waals surface area (Å²) < 4.78 is 0. The molecule has 4 nitrogen and oxygen atoms in total. The molecule has 122 valence electrons. The molecule has 4 N–H and O–H groups in total. The molecule has 2 rings (SSSR count). The highest BCUT2D eigenvalue weighted by Crippen LogP contribution is 2.25. The van der Waals surface area contributed by atoms with Gasteiger partial charge in [0.05, 0.1) is 6.10 Å². The number of hydrogen-bond donors (Lipinski definition) is 3. The van der Waals surface area contributed by atoms with Gasteiger partial charge in [-0.15, -0.1) is 0 Å². The SMILES string of the molecule is CC(C)(C)c1ccc(C(O)CNC(=O)C2CCC(N)C2)cc1. The van der Waals surface area contributed by atoms with Gasteiger partial charge >= 0.3 is 0 Å². The molecule has 0 radical (unpaired) electrons. The molecule has 0 aliphatic heterocycles. The van der Waals surface area contributed by atoms with E-state index in [1.807, 2.05) is 24.3 Å². The van der Waals surface area contributed by atoms with Crippen molar-refractivity contribution in [3.05, 3.63) is 35.4 Å². The van der Waals surface area contributed by atoms with Crippen LogP contribution in [0.4, 0.5) is 0 Å². The Morgan fingerprint density at radius 2 is 1.95 bits per heavy atom. The van der Waals surface area contributed by atoms with Crippen molar-refractivity contribution in [2.75, 3.05) is 6.54 Å². The number of aliphatic hydroxyl groups excluding tert-OH is 1. The number of nitrogens with two attached hydrogens (primary N) is 1. The predicted octanol–water partition coefficient (Wildman–Crippen LogP) is 2.26. The molecule has 1 aromatic rings. The van der Waals surface area contributed by atoms with Crippen LogP contribution < -0.4 is 11.1 Å². The van der Waals surface area contributed by atoms with Gasteiger partial charge in [-0.25, -0.2) is 0 Å². The molecular weight excluding hydrogens is 276 g/mol. The van der Waals surface area contributed by atoms with Crippen LogP contribution in [0.3, 0.4) is 0 Å². The third-order valence-corrected chi connectivity index (χ3v) is 4.48. The molecule has 4 heteroatoms. The number of hydrogen-bond acceptors (Lipinski definition) is 3. The van der Waals surface area contributed by atoms with Gasteiger partial charge in [0.2, 0.25) is 5.91 Å². The third kappa shape index (κ3) is 4.31. The maximum atomic E-state index is 12.0. The van der Waals surface area contributed by atoms with E-state index in [1.165, 1.54) is 5.56 Å². The number of carbonyl (C=O) groups is 1. The quantitative estimate of drug-likeness (QED) is 0.798. The average molecular weight is 304 g/mol. The minimum Gasteiger partial charge on any atom is -0.387 e. The van der Waals surface area contributed by atoms with E-state index in [-0.39, 0.29) is 29.8 Å². The zero-order valence-electron chi connectivity index (χ0n) is 13.8. The molecule has 1 amide bonds. The first-order valence-electron chi connectivity index (χ1n) is 8.09. The van der Waals surface area contributed by atoms with Gasteiger partial charge in [0.25, 0.3) is 0 Å². The second-order valence-electron chi connectivity index (χ2n) is 7.40. The van der Waals surface area contributed by atoms with E-state index < -0.39 is 6.10 Å². The summed E-state index contributed by atoms with van der Waals surface area (Å²) >= 11 is 0. The minimum atomic E-state index is -0.673. The highest BCUT2D eigenvalue weighted by Gasteiger charge is 2.27. The van der Waals surface area contributed by atoms with Crippen LogP contribution in [0.25, 0.3) is 0 Å². The van der Waals surface area contributed by atoms with Crippen LogP contribution in [0, 0.1) is 5.92 Å². The molecule has 0 spiro atoms. The molecule has 0 bridgehead atoms. The Bertz CT molecular complexity index is 505. The van der Waals surface area contributed by atoms with Gasteiger partial charge in [0, 0.05) is 18.5 Å². The molecule has 0 aromatic heterocycles. The van der Waals surface area contributed by atoms with Crippen molar-refractivity contribution >= 4 is 5.91 Å². The summed E-state index contributed by atoms with van der Waals surface area (Å²) in [5, 5.41) is 13.1. The Hall–Kier alpha value is -1.39. The molecule has 1 fully saturated rings. The van der Waals surface area contributed by atoms with Crippen molar-refractivity contribution < 1.29 is 9.90 Å². The van der Waals surface area contributed by atoms with Crippen LogP contribution >= 0.6 is 0 Å². The van der Waals surface area contributed by atoms with E-state index in [4.69, 9.17) is 5.73 Å². The lowest BCUT2D eigenvalue weighted by Crippen LogP contribution is -2.33. The van der Waals surface area contributed by atoms with Crippen LogP contribution in [0.2, 0.25) is 0 Å². The zero-order valence-corrected chi connectivity index (χ0v) is 13.8. The summed E-state index contributed by atoms with van der Waals surface area (Å²) in [6.45, 7) is 6.72. The first-order valence-corrected chi connectivity index (χ1v) is 8.09. The normalized spacial score (nSPS) is 23.3. The lowest BCUT2D eigenvalue weighted by atomic mass is 9.86. The maximum absolute atomic E-state index is 12.0. The van der Waals surface area contributed by atoms with E-state index >= 15 is 0 Å². The first-order chi connectivity index (χ1) is 10.3. The molecule has 1 aliphatic carbocycles. The summed E-state index contributed by atoms with van der Waals surface area (Å²) in [4.78, 5) is 12.0. The number of nitrogens with one attached hydrogen (secondary N) is 1. The molecule has 0 heterocycles. The van der Waals surface area contributed by atoms with Crippen LogP contribution in [0.5, 0.6) is 0 Å². The summed E-state index contributed by atoms with van der Waals surface area (Å²) in [6, 6.07) is 8.09.